The summed E-state index contributed by atoms with van der Waals surface area (Å²) in [6, 6.07) is 20.5. The van der Waals surface area contributed by atoms with Crippen LogP contribution in [0, 0.1) is 0 Å². The van der Waals surface area contributed by atoms with Gasteiger partial charge in [-0.3, -0.25) is 4.79 Å². The molecule has 4 nitrogen and oxygen atoms in total. The zero-order chi connectivity index (χ0) is 18.8. The molecule has 3 aromatic carbocycles. The summed E-state index contributed by atoms with van der Waals surface area (Å²) in [4.78, 5) is 12.7. The Bertz CT molecular complexity index is 1120. The van der Waals surface area contributed by atoms with Gasteiger partial charge in [-0.15, -0.1) is 0 Å². The van der Waals surface area contributed by atoms with Crippen LogP contribution in [0.25, 0.3) is 22.2 Å². The molecule has 0 aliphatic rings. The van der Waals surface area contributed by atoms with Gasteiger partial charge in [-0.1, -0.05) is 35.8 Å². The Morgan fingerprint density at radius 1 is 1.07 bits per heavy atom. The molecule has 0 saturated carbocycles. The summed E-state index contributed by atoms with van der Waals surface area (Å²) in [5, 5.41) is 8.47. The number of amides is 1. The number of fused-ring (bicyclic) bond motifs is 1. The van der Waals surface area contributed by atoms with Crippen molar-refractivity contribution in [3.05, 3.63) is 82.9 Å². The molecule has 0 aliphatic carbocycles. The lowest BCUT2D eigenvalue weighted by molar-refractivity contribution is 0.102. The number of carbonyl (C=O) groups excluding carboxylic acids is 1. The Kier molecular flexibility index (Phi) is 4.65. The van der Waals surface area contributed by atoms with Gasteiger partial charge in [0.1, 0.15) is 5.52 Å². The lowest BCUT2D eigenvalue weighted by Gasteiger charge is -2.07. The summed E-state index contributed by atoms with van der Waals surface area (Å²) in [5.74, 6) is 0.442. The zero-order valence-electron chi connectivity index (χ0n) is 14.7. The van der Waals surface area contributed by atoms with Gasteiger partial charge in [-0.05, 0) is 66.6 Å². The molecule has 0 spiro atoms. The SMILES string of the molecule is CCc1cccc(NC(=O)c2ccc3noc(-c4ccc(Cl)cc4)c3c2)c1. The number of rotatable bonds is 4. The Morgan fingerprint density at radius 2 is 1.89 bits per heavy atom. The summed E-state index contributed by atoms with van der Waals surface area (Å²) in [6.45, 7) is 2.08. The Balaban J connectivity index is 1.67. The zero-order valence-corrected chi connectivity index (χ0v) is 15.5. The van der Waals surface area contributed by atoms with Gasteiger partial charge in [0.2, 0.25) is 0 Å². The number of aromatic nitrogens is 1. The molecule has 0 aliphatic heterocycles. The van der Waals surface area contributed by atoms with Gasteiger partial charge >= 0.3 is 0 Å². The minimum atomic E-state index is -0.173. The van der Waals surface area contributed by atoms with Crippen LogP contribution in [0.5, 0.6) is 0 Å². The van der Waals surface area contributed by atoms with Crippen LogP contribution in [0.3, 0.4) is 0 Å². The molecule has 27 heavy (non-hydrogen) atoms. The van der Waals surface area contributed by atoms with Crippen LogP contribution < -0.4 is 5.32 Å². The molecule has 134 valence electrons. The molecule has 0 fully saturated rings. The maximum atomic E-state index is 12.7. The van der Waals surface area contributed by atoms with Crippen LogP contribution in [-0.4, -0.2) is 11.1 Å². The predicted molar refractivity (Wildman–Crippen MR) is 108 cm³/mol. The van der Waals surface area contributed by atoms with Crippen LogP contribution in [-0.2, 0) is 6.42 Å². The summed E-state index contributed by atoms with van der Waals surface area (Å²) in [5.41, 5.74) is 4.05. The van der Waals surface area contributed by atoms with Gasteiger partial charge in [0.15, 0.2) is 5.76 Å². The molecule has 1 aromatic heterocycles. The van der Waals surface area contributed by atoms with E-state index >= 15 is 0 Å². The number of hydrogen-bond donors (Lipinski definition) is 1. The normalized spacial score (nSPS) is 10.9. The highest BCUT2D eigenvalue weighted by molar-refractivity contribution is 6.30. The molecule has 4 aromatic rings. The first-order valence-electron chi connectivity index (χ1n) is 8.69. The fourth-order valence-electron chi connectivity index (χ4n) is 2.96. The topological polar surface area (TPSA) is 55.1 Å². The largest absolute Gasteiger partial charge is 0.355 e. The second-order valence-corrected chi connectivity index (χ2v) is 6.70. The second-order valence-electron chi connectivity index (χ2n) is 6.26. The number of carbonyl (C=O) groups is 1. The van der Waals surface area contributed by atoms with Crippen molar-refractivity contribution in [2.45, 2.75) is 13.3 Å². The molecule has 5 heteroatoms. The van der Waals surface area contributed by atoms with E-state index in [4.69, 9.17) is 16.1 Å². The molecule has 0 atom stereocenters. The highest BCUT2D eigenvalue weighted by Gasteiger charge is 2.14. The smallest absolute Gasteiger partial charge is 0.255 e. The summed E-state index contributed by atoms with van der Waals surface area (Å²) >= 11 is 5.96. The molecule has 4 rings (SSSR count). The molecule has 0 unspecified atom stereocenters. The van der Waals surface area contributed by atoms with E-state index in [-0.39, 0.29) is 5.91 Å². The van der Waals surface area contributed by atoms with Gasteiger partial charge in [0.25, 0.3) is 5.91 Å². The van der Waals surface area contributed by atoms with Crippen LogP contribution in [0.4, 0.5) is 5.69 Å². The molecular weight excluding hydrogens is 360 g/mol. The third-order valence-electron chi connectivity index (χ3n) is 4.44. The summed E-state index contributed by atoms with van der Waals surface area (Å²) in [7, 11) is 0. The molecule has 1 N–H and O–H groups in total. The average molecular weight is 377 g/mol. The molecule has 1 amide bonds. The van der Waals surface area contributed by atoms with Crippen LogP contribution in [0.1, 0.15) is 22.8 Å². The highest BCUT2D eigenvalue weighted by Crippen LogP contribution is 2.30. The highest BCUT2D eigenvalue weighted by atomic mass is 35.5. The van der Waals surface area contributed by atoms with E-state index in [0.717, 1.165) is 23.1 Å². The van der Waals surface area contributed by atoms with Crippen molar-refractivity contribution >= 4 is 34.1 Å². The standard InChI is InChI=1S/C22H17ClN2O2/c1-2-14-4-3-5-18(12-14)24-22(26)16-8-11-20-19(13-16)21(27-25-20)15-6-9-17(23)10-7-15/h3-13H,2H2,1H3,(H,24,26). The second kappa shape index (κ2) is 7.25. The van der Waals surface area contributed by atoms with Gasteiger partial charge in [0.05, 0.1) is 5.39 Å². The van der Waals surface area contributed by atoms with E-state index in [2.05, 4.69) is 17.4 Å². The molecule has 0 saturated heterocycles. The first-order valence-corrected chi connectivity index (χ1v) is 9.07. The van der Waals surface area contributed by atoms with Crippen molar-refractivity contribution < 1.29 is 9.32 Å². The van der Waals surface area contributed by atoms with Gasteiger partial charge < -0.3 is 9.84 Å². The third-order valence-corrected chi connectivity index (χ3v) is 4.69. The number of aryl methyl sites for hydroxylation is 1. The third kappa shape index (κ3) is 3.57. The Labute approximate surface area is 161 Å². The van der Waals surface area contributed by atoms with E-state index in [0.29, 0.717) is 21.9 Å². The van der Waals surface area contributed by atoms with Crippen LogP contribution in [0.2, 0.25) is 5.02 Å². The number of benzene rings is 3. The van der Waals surface area contributed by atoms with Gasteiger partial charge in [0, 0.05) is 21.8 Å². The van der Waals surface area contributed by atoms with Crippen molar-refractivity contribution in [1.29, 1.82) is 0 Å². The first kappa shape index (κ1) is 17.3. The molecule has 0 bridgehead atoms. The van der Waals surface area contributed by atoms with Crippen molar-refractivity contribution in [2.24, 2.45) is 0 Å². The van der Waals surface area contributed by atoms with Crippen molar-refractivity contribution in [2.75, 3.05) is 5.32 Å². The van der Waals surface area contributed by atoms with Crippen LogP contribution in [0.15, 0.2) is 71.3 Å². The Hall–Kier alpha value is -3.11. The monoisotopic (exact) mass is 376 g/mol. The average Bonchev–Trinajstić information content (AvgIpc) is 3.12. The lowest BCUT2D eigenvalue weighted by atomic mass is 10.1. The van der Waals surface area contributed by atoms with E-state index in [9.17, 15) is 4.79 Å². The fraction of sp³-hybridized carbons (Fsp3) is 0.0909. The lowest BCUT2D eigenvalue weighted by Crippen LogP contribution is -2.11. The fourth-order valence-corrected chi connectivity index (χ4v) is 3.09. The van der Waals surface area contributed by atoms with E-state index in [1.54, 1.807) is 30.3 Å². The van der Waals surface area contributed by atoms with Crippen LogP contribution >= 0.6 is 11.6 Å². The number of anilines is 1. The maximum Gasteiger partial charge on any atom is 0.255 e. The van der Waals surface area contributed by atoms with Crippen molar-refractivity contribution in [3.63, 3.8) is 0 Å². The molecule has 1 heterocycles. The number of nitrogens with one attached hydrogen (secondary N) is 1. The van der Waals surface area contributed by atoms with Gasteiger partial charge in [-0.25, -0.2) is 0 Å². The minimum absolute atomic E-state index is 0.173. The van der Waals surface area contributed by atoms with E-state index in [1.807, 2.05) is 36.4 Å². The number of halogens is 1. The summed E-state index contributed by atoms with van der Waals surface area (Å²) < 4.78 is 5.50. The maximum absolute atomic E-state index is 12.7. The quantitative estimate of drug-likeness (QED) is 0.478. The van der Waals surface area contributed by atoms with Crippen molar-refractivity contribution in [1.82, 2.24) is 5.16 Å². The number of nitrogens with zero attached hydrogens (tertiary/aromatic N) is 1. The number of hydrogen-bond acceptors (Lipinski definition) is 3. The molecular formula is C22H17ClN2O2. The first-order chi connectivity index (χ1) is 13.1. The Morgan fingerprint density at radius 3 is 2.67 bits per heavy atom. The minimum Gasteiger partial charge on any atom is -0.355 e. The van der Waals surface area contributed by atoms with E-state index in [1.165, 1.54) is 5.56 Å². The van der Waals surface area contributed by atoms with Gasteiger partial charge in [-0.2, -0.15) is 0 Å². The van der Waals surface area contributed by atoms with E-state index < -0.39 is 0 Å². The molecule has 0 radical (unpaired) electrons. The summed E-state index contributed by atoms with van der Waals surface area (Å²) in [6.07, 6.45) is 0.917. The van der Waals surface area contributed by atoms with Crippen molar-refractivity contribution in [3.8, 4) is 11.3 Å². The predicted octanol–water partition coefficient (Wildman–Crippen LogP) is 5.96.